The number of rotatable bonds is 7. The molecule has 0 unspecified atom stereocenters. The first kappa shape index (κ1) is 22.3. The molecule has 6 nitrogen and oxygen atoms in total. The zero-order valence-electron chi connectivity index (χ0n) is 18.7. The largest absolute Gasteiger partial charge is 0.381 e. The zero-order valence-corrected chi connectivity index (χ0v) is 18.7. The number of halogens is 1. The predicted octanol–water partition coefficient (Wildman–Crippen LogP) is 5.54. The molecule has 3 aromatic rings. The first-order chi connectivity index (χ1) is 15.4. The van der Waals surface area contributed by atoms with Gasteiger partial charge in [0.1, 0.15) is 11.5 Å². The monoisotopic (exact) mass is 437 g/mol. The molecular formula is C25H32FN5O. The van der Waals surface area contributed by atoms with Gasteiger partial charge in [-0.1, -0.05) is 20.3 Å². The molecule has 1 atom stereocenters. The molecule has 1 aliphatic carbocycles. The third kappa shape index (κ3) is 4.93. The van der Waals surface area contributed by atoms with E-state index in [-0.39, 0.29) is 23.8 Å². The summed E-state index contributed by atoms with van der Waals surface area (Å²) in [7, 11) is 0. The molecule has 1 saturated carbocycles. The van der Waals surface area contributed by atoms with Gasteiger partial charge in [-0.25, -0.2) is 9.37 Å². The van der Waals surface area contributed by atoms with E-state index < -0.39 is 0 Å². The summed E-state index contributed by atoms with van der Waals surface area (Å²) in [6.07, 6.45) is 7.66. The molecule has 0 saturated heterocycles. The van der Waals surface area contributed by atoms with E-state index in [1.54, 1.807) is 18.3 Å². The molecular weight excluding hydrogens is 405 g/mol. The van der Waals surface area contributed by atoms with Crippen LogP contribution in [0.2, 0.25) is 0 Å². The van der Waals surface area contributed by atoms with Crippen LogP contribution < -0.4 is 16.4 Å². The second-order valence-corrected chi connectivity index (χ2v) is 8.94. The van der Waals surface area contributed by atoms with Gasteiger partial charge in [-0.2, -0.15) is 0 Å². The van der Waals surface area contributed by atoms with E-state index >= 15 is 0 Å². The molecule has 4 rings (SSSR count). The van der Waals surface area contributed by atoms with Gasteiger partial charge < -0.3 is 21.4 Å². The molecule has 0 spiro atoms. The van der Waals surface area contributed by atoms with Crippen molar-refractivity contribution in [3.63, 3.8) is 0 Å². The molecule has 1 amide bonds. The molecule has 0 aliphatic heterocycles. The summed E-state index contributed by atoms with van der Waals surface area (Å²) in [5.41, 5.74) is 9.79. The topological polar surface area (TPSA) is 95.8 Å². The van der Waals surface area contributed by atoms with Crippen LogP contribution in [0.4, 0.5) is 15.8 Å². The van der Waals surface area contributed by atoms with Crippen molar-refractivity contribution in [1.29, 1.82) is 0 Å². The number of nitrogens with zero attached hydrogens (tertiary/aromatic N) is 1. The summed E-state index contributed by atoms with van der Waals surface area (Å²) in [4.78, 5) is 21.2. The molecule has 1 fully saturated rings. The summed E-state index contributed by atoms with van der Waals surface area (Å²) >= 11 is 0. The number of fused-ring (bicyclic) bond motifs is 1. The second-order valence-electron chi connectivity index (χ2n) is 8.94. The molecule has 5 N–H and O–H groups in total. The Morgan fingerprint density at radius 3 is 2.66 bits per heavy atom. The number of aromatic amines is 1. The van der Waals surface area contributed by atoms with Crippen LogP contribution in [0.25, 0.3) is 11.0 Å². The van der Waals surface area contributed by atoms with E-state index in [9.17, 15) is 9.18 Å². The molecule has 1 aliphatic rings. The maximum absolute atomic E-state index is 13.3. The number of H-pyrrole nitrogens is 1. The average molecular weight is 438 g/mol. The molecule has 2 heterocycles. The quantitative estimate of drug-likeness (QED) is 0.390. The minimum Gasteiger partial charge on any atom is -0.381 e. The Bertz CT molecular complexity index is 1070. The molecule has 2 aromatic heterocycles. The smallest absolute Gasteiger partial charge is 0.259 e. The highest BCUT2D eigenvalue weighted by atomic mass is 19.1. The number of carbonyl (C=O) groups is 1. The summed E-state index contributed by atoms with van der Waals surface area (Å²) in [5, 5.41) is 7.43. The van der Waals surface area contributed by atoms with Crippen molar-refractivity contribution in [2.24, 2.45) is 5.73 Å². The molecule has 170 valence electrons. The van der Waals surface area contributed by atoms with Crippen LogP contribution in [0.5, 0.6) is 0 Å². The fourth-order valence-corrected chi connectivity index (χ4v) is 4.48. The number of pyridine rings is 1. The number of nitrogens with one attached hydrogen (secondary N) is 3. The highest BCUT2D eigenvalue weighted by molar-refractivity contribution is 6.12. The summed E-state index contributed by atoms with van der Waals surface area (Å²) in [6, 6.07) is 8.38. The Morgan fingerprint density at radius 2 is 1.97 bits per heavy atom. The summed E-state index contributed by atoms with van der Waals surface area (Å²) in [6.45, 7) is 4.38. The molecule has 1 aromatic carbocycles. The number of nitrogens with two attached hydrogens (primary N) is 1. The van der Waals surface area contributed by atoms with Gasteiger partial charge in [0.2, 0.25) is 0 Å². The van der Waals surface area contributed by atoms with Crippen molar-refractivity contribution in [3.05, 3.63) is 53.6 Å². The lowest BCUT2D eigenvalue weighted by Gasteiger charge is -2.28. The fraction of sp³-hybridized carbons (Fsp3) is 0.440. The number of hydrogen-bond donors (Lipinski definition) is 4. The van der Waals surface area contributed by atoms with Gasteiger partial charge in [0.05, 0.1) is 11.3 Å². The number of hydrogen-bond acceptors (Lipinski definition) is 4. The minimum absolute atomic E-state index is 0.250. The van der Waals surface area contributed by atoms with Crippen LogP contribution in [0.1, 0.15) is 74.3 Å². The normalized spacial score (nSPS) is 19.6. The van der Waals surface area contributed by atoms with Crippen LogP contribution in [0.15, 0.2) is 36.5 Å². The van der Waals surface area contributed by atoms with E-state index in [4.69, 9.17) is 5.73 Å². The SMILES string of the molecule is CCC[C@@H](C)c1cc2c(N[C@H]3CC[C@H](N)CC3)c(C(=O)Nc3ccc(F)cc3)cnc2[nH]1. The Kier molecular flexibility index (Phi) is 6.74. The number of aromatic nitrogens is 2. The van der Waals surface area contributed by atoms with Crippen molar-refractivity contribution in [2.45, 2.75) is 70.4 Å². The van der Waals surface area contributed by atoms with Gasteiger partial charge in [0, 0.05) is 35.0 Å². The van der Waals surface area contributed by atoms with E-state index in [0.29, 0.717) is 17.2 Å². The van der Waals surface area contributed by atoms with E-state index in [1.807, 2.05) is 0 Å². The Hall–Kier alpha value is -2.93. The number of benzene rings is 1. The standard InChI is InChI=1S/C25H32FN5O/c1-3-4-15(2)22-13-20-23(29-18-11-7-17(27)8-12-18)21(14-28-24(20)31-22)25(32)30-19-9-5-16(26)6-10-19/h5-6,9-10,13-15,17-18H,3-4,7-8,11-12,27H2,1-2H3,(H,30,32)(H2,28,29,31)/t15-,17-,18-/m1/s1. The Morgan fingerprint density at radius 1 is 1.25 bits per heavy atom. The third-order valence-corrected chi connectivity index (χ3v) is 6.40. The highest BCUT2D eigenvalue weighted by Gasteiger charge is 2.24. The van der Waals surface area contributed by atoms with E-state index in [1.165, 1.54) is 12.1 Å². The molecule has 0 bridgehead atoms. The lowest BCUT2D eigenvalue weighted by molar-refractivity contribution is 0.102. The van der Waals surface area contributed by atoms with Crippen molar-refractivity contribution in [3.8, 4) is 0 Å². The van der Waals surface area contributed by atoms with Gasteiger partial charge in [0.15, 0.2) is 0 Å². The summed E-state index contributed by atoms with van der Waals surface area (Å²) in [5.74, 6) is -0.235. The van der Waals surface area contributed by atoms with Crippen molar-refractivity contribution < 1.29 is 9.18 Å². The number of amides is 1. The van der Waals surface area contributed by atoms with Crippen LogP contribution in [0, 0.1) is 5.82 Å². The second kappa shape index (κ2) is 9.69. The number of anilines is 2. The van der Waals surface area contributed by atoms with E-state index in [2.05, 4.69) is 40.5 Å². The fourth-order valence-electron chi connectivity index (χ4n) is 4.48. The van der Waals surface area contributed by atoms with Gasteiger partial charge in [-0.3, -0.25) is 4.79 Å². The maximum atomic E-state index is 13.3. The van der Waals surface area contributed by atoms with Gasteiger partial charge in [-0.15, -0.1) is 0 Å². The maximum Gasteiger partial charge on any atom is 0.259 e. The van der Waals surface area contributed by atoms with Crippen LogP contribution in [-0.4, -0.2) is 28.0 Å². The highest BCUT2D eigenvalue weighted by Crippen LogP contribution is 2.33. The first-order valence-electron chi connectivity index (χ1n) is 11.5. The van der Waals surface area contributed by atoms with Crippen molar-refractivity contribution in [1.82, 2.24) is 9.97 Å². The zero-order chi connectivity index (χ0) is 22.7. The van der Waals surface area contributed by atoms with Crippen molar-refractivity contribution >= 4 is 28.3 Å². The third-order valence-electron chi connectivity index (χ3n) is 6.40. The van der Waals surface area contributed by atoms with Crippen LogP contribution >= 0.6 is 0 Å². The lowest BCUT2D eigenvalue weighted by atomic mass is 9.91. The average Bonchev–Trinajstić information content (AvgIpc) is 3.22. The van der Waals surface area contributed by atoms with E-state index in [0.717, 1.165) is 60.9 Å². The molecule has 0 radical (unpaired) electrons. The minimum atomic E-state index is -0.343. The number of carbonyl (C=O) groups excluding carboxylic acids is 1. The van der Waals surface area contributed by atoms with Gasteiger partial charge in [0.25, 0.3) is 5.91 Å². The van der Waals surface area contributed by atoms with Crippen LogP contribution in [0.3, 0.4) is 0 Å². The first-order valence-corrected chi connectivity index (χ1v) is 11.5. The summed E-state index contributed by atoms with van der Waals surface area (Å²) < 4.78 is 13.3. The Balaban J connectivity index is 1.69. The van der Waals surface area contributed by atoms with Gasteiger partial charge in [-0.05, 0) is 68.4 Å². The lowest BCUT2D eigenvalue weighted by Crippen LogP contribution is -2.33. The van der Waals surface area contributed by atoms with Crippen molar-refractivity contribution in [2.75, 3.05) is 10.6 Å². The van der Waals surface area contributed by atoms with Gasteiger partial charge >= 0.3 is 0 Å². The molecule has 7 heteroatoms. The molecule has 32 heavy (non-hydrogen) atoms. The van der Waals surface area contributed by atoms with Crippen LogP contribution in [-0.2, 0) is 0 Å². The Labute approximate surface area is 188 Å². The predicted molar refractivity (Wildman–Crippen MR) is 128 cm³/mol.